The number of ether oxygens (including phenoxy) is 2. The molecule has 0 spiro atoms. The zero-order valence-corrected chi connectivity index (χ0v) is 14.1. The van der Waals surface area contributed by atoms with Gasteiger partial charge in [-0.15, -0.1) is 0 Å². The molecule has 7 nitrogen and oxygen atoms in total. The molecule has 0 saturated heterocycles. The molecule has 1 aromatic carbocycles. The van der Waals surface area contributed by atoms with Gasteiger partial charge < -0.3 is 14.8 Å². The zero-order chi connectivity index (χ0) is 17.1. The lowest BCUT2D eigenvalue weighted by atomic mass is 9.95. The van der Waals surface area contributed by atoms with Gasteiger partial charge in [0.25, 0.3) is 0 Å². The van der Waals surface area contributed by atoms with E-state index in [2.05, 4.69) is 29.6 Å². The van der Waals surface area contributed by atoms with Crippen molar-refractivity contribution >= 4 is 11.8 Å². The van der Waals surface area contributed by atoms with Crippen molar-refractivity contribution < 1.29 is 14.3 Å². The van der Waals surface area contributed by atoms with E-state index < -0.39 is 0 Å². The maximum atomic E-state index is 12.3. The van der Waals surface area contributed by atoms with Crippen molar-refractivity contribution in [1.82, 2.24) is 15.1 Å². The summed E-state index contributed by atoms with van der Waals surface area (Å²) < 4.78 is 12.8. The Bertz CT molecular complexity index is 726. The van der Waals surface area contributed by atoms with Crippen LogP contribution in [0.4, 0.5) is 10.6 Å². The van der Waals surface area contributed by atoms with Gasteiger partial charge in [-0.05, 0) is 23.6 Å². The summed E-state index contributed by atoms with van der Waals surface area (Å²) in [6, 6.07) is 7.08. The quantitative estimate of drug-likeness (QED) is 0.903. The van der Waals surface area contributed by atoms with E-state index in [4.69, 9.17) is 9.47 Å². The molecule has 2 amide bonds. The predicted octanol–water partition coefficient (Wildman–Crippen LogP) is 2.71. The number of carbonyl (C=O) groups excluding carboxylic acids is 1. The molecule has 3 rings (SSSR count). The van der Waals surface area contributed by atoms with E-state index in [1.807, 2.05) is 18.2 Å². The average Bonchev–Trinajstić information content (AvgIpc) is 2.96. The van der Waals surface area contributed by atoms with E-state index >= 15 is 0 Å². The summed E-state index contributed by atoms with van der Waals surface area (Å²) in [4.78, 5) is 12.3. The van der Waals surface area contributed by atoms with Gasteiger partial charge in [-0.3, -0.25) is 10.00 Å². The molecular formula is C17H22N4O3. The van der Waals surface area contributed by atoms with E-state index in [1.165, 1.54) is 0 Å². The van der Waals surface area contributed by atoms with Gasteiger partial charge in [0.1, 0.15) is 13.2 Å². The number of carbonyl (C=O) groups is 1. The number of nitrogens with one attached hydrogen (secondary N) is 2. The lowest BCUT2D eigenvalue weighted by Crippen LogP contribution is -2.35. The first kappa shape index (κ1) is 16.2. The molecule has 24 heavy (non-hydrogen) atoms. The number of anilines is 1. The zero-order valence-electron chi connectivity index (χ0n) is 14.1. The molecule has 128 valence electrons. The highest BCUT2D eigenvalue weighted by atomic mass is 16.6. The van der Waals surface area contributed by atoms with Crippen LogP contribution in [0.25, 0.3) is 0 Å². The van der Waals surface area contributed by atoms with E-state index in [0.717, 1.165) is 17.1 Å². The lowest BCUT2D eigenvalue weighted by molar-refractivity contribution is 0.171. The first-order valence-electron chi connectivity index (χ1n) is 7.99. The molecule has 0 aliphatic carbocycles. The van der Waals surface area contributed by atoms with E-state index in [0.29, 0.717) is 19.0 Å². The number of aromatic nitrogens is 2. The summed E-state index contributed by atoms with van der Waals surface area (Å²) in [7, 11) is 1.80. The fourth-order valence-electron chi connectivity index (χ4n) is 2.66. The summed E-state index contributed by atoms with van der Waals surface area (Å²) >= 11 is 0. The largest absolute Gasteiger partial charge is 0.486 e. The second-order valence-electron chi connectivity index (χ2n) is 6.10. The molecule has 1 aliphatic heterocycles. The molecule has 0 radical (unpaired) electrons. The summed E-state index contributed by atoms with van der Waals surface area (Å²) in [5, 5.41) is 9.89. The normalized spacial score (nSPS) is 14.3. The van der Waals surface area contributed by atoms with Crippen molar-refractivity contribution in [3.8, 4) is 11.5 Å². The van der Waals surface area contributed by atoms with Crippen LogP contribution in [0.2, 0.25) is 0 Å². The van der Waals surface area contributed by atoms with Gasteiger partial charge in [0.15, 0.2) is 17.3 Å². The number of rotatable bonds is 4. The second kappa shape index (κ2) is 6.82. The van der Waals surface area contributed by atoms with Crippen molar-refractivity contribution in [2.75, 3.05) is 18.5 Å². The van der Waals surface area contributed by atoms with Crippen molar-refractivity contribution in [1.29, 1.82) is 0 Å². The monoisotopic (exact) mass is 330 g/mol. The van der Waals surface area contributed by atoms with Gasteiger partial charge >= 0.3 is 6.03 Å². The fraction of sp³-hybridized carbons (Fsp3) is 0.412. The highest BCUT2D eigenvalue weighted by Gasteiger charge is 2.21. The molecule has 0 fully saturated rings. The number of fused-ring (bicyclic) bond motifs is 1. The lowest BCUT2D eigenvalue weighted by Gasteiger charge is -2.25. The average molecular weight is 330 g/mol. The Labute approximate surface area is 140 Å². The standard InChI is InChI=1S/C17H22N4O3/c1-11(2)16(19-17(22)18-15-6-7-21(3)20-15)12-4-5-13-14(10-12)24-9-8-23-13/h4-7,10-11,16H,8-9H2,1-3H3,(H2,18,19,20,22)/t16-/m0/s1. The van der Waals surface area contributed by atoms with Gasteiger partial charge in [0.05, 0.1) is 6.04 Å². The Hall–Kier alpha value is -2.70. The van der Waals surface area contributed by atoms with Crippen LogP contribution in [-0.2, 0) is 7.05 Å². The molecule has 2 heterocycles. The first-order valence-corrected chi connectivity index (χ1v) is 7.99. The van der Waals surface area contributed by atoms with Crippen molar-refractivity contribution in [2.45, 2.75) is 19.9 Å². The number of amides is 2. The molecule has 0 saturated carbocycles. The van der Waals surface area contributed by atoms with Gasteiger partial charge in [-0.25, -0.2) is 4.79 Å². The molecule has 0 unspecified atom stereocenters. The highest BCUT2D eigenvalue weighted by Crippen LogP contribution is 2.34. The predicted molar refractivity (Wildman–Crippen MR) is 90.4 cm³/mol. The Morgan fingerprint density at radius 3 is 2.62 bits per heavy atom. The summed E-state index contributed by atoms with van der Waals surface area (Å²) in [5.41, 5.74) is 0.977. The van der Waals surface area contributed by atoms with E-state index in [1.54, 1.807) is 24.0 Å². The van der Waals surface area contributed by atoms with Gasteiger partial charge in [0.2, 0.25) is 0 Å². The number of urea groups is 1. The van der Waals surface area contributed by atoms with Crippen LogP contribution in [0, 0.1) is 5.92 Å². The number of nitrogens with zero attached hydrogens (tertiary/aromatic N) is 2. The minimum atomic E-state index is -0.290. The fourth-order valence-corrected chi connectivity index (χ4v) is 2.66. The minimum Gasteiger partial charge on any atom is -0.486 e. The second-order valence-corrected chi connectivity index (χ2v) is 6.10. The Morgan fingerprint density at radius 1 is 1.21 bits per heavy atom. The van der Waals surface area contributed by atoms with Gasteiger partial charge in [0, 0.05) is 19.3 Å². The number of hydrogen-bond acceptors (Lipinski definition) is 4. The van der Waals surface area contributed by atoms with Gasteiger partial charge in [-0.2, -0.15) is 5.10 Å². The Balaban J connectivity index is 1.73. The SMILES string of the molecule is CC(C)[C@H](NC(=O)Nc1ccn(C)n1)c1ccc2c(c1)OCCO2. The number of hydrogen-bond donors (Lipinski definition) is 2. The van der Waals surface area contributed by atoms with Crippen LogP contribution in [0.3, 0.4) is 0 Å². The first-order chi connectivity index (χ1) is 11.5. The molecule has 1 aromatic heterocycles. The molecule has 0 bridgehead atoms. The Morgan fingerprint density at radius 2 is 1.96 bits per heavy atom. The topological polar surface area (TPSA) is 77.4 Å². The summed E-state index contributed by atoms with van der Waals surface area (Å²) in [5.74, 6) is 2.18. The molecule has 2 N–H and O–H groups in total. The highest BCUT2D eigenvalue weighted by molar-refractivity contribution is 5.88. The van der Waals surface area contributed by atoms with Crippen molar-refractivity contribution in [3.05, 3.63) is 36.0 Å². The van der Waals surface area contributed by atoms with Crippen LogP contribution in [0.15, 0.2) is 30.5 Å². The van der Waals surface area contributed by atoms with Crippen LogP contribution >= 0.6 is 0 Å². The van der Waals surface area contributed by atoms with Crippen LogP contribution in [-0.4, -0.2) is 29.0 Å². The van der Waals surface area contributed by atoms with E-state index in [9.17, 15) is 4.79 Å². The molecule has 7 heteroatoms. The number of benzene rings is 1. The molecule has 2 aromatic rings. The molecular weight excluding hydrogens is 308 g/mol. The smallest absolute Gasteiger partial charge is 0.320 e. The van der Waals surface area contributed by atoms with Crippen LogP contribution < -0.4 is 20.1 Å². The van der Waals surface area contributed by atoms with Crippen molar-refractivity contribution in [2.24, 2.45) is 13.0 Å². The molecule has 1 aliphatic rings. The third-order valence-corrected chi connectivity index (χ3v) is 3.83. The summed E-state index contributed by atoms with van der Waals surface area (Å²) in [6.07, 6.45) is 1.77. The van der Waals surface area contributed by atoms with Gasteiger partial charge in [-0.1, -0.05) is 19.9 Å². The minimum absolute atomic E-state index is 0.149. The Kier molecular flexibility index (Phi) is 4.59. The maximum absolute atomic E-state index is 12.3. The molecule has 1 atom stereocenters. The van der Waals surface area contributed by atoms with Crippen LogP contribution in [0.1, 0.15) is 25.5 Å². The third kappa shape index (κ3) is 3.61. The van der Waals surface area contributed by atoms with E-state index in [-0.39, 0.29) is 18.0 Å². The van der Waals surface area contributed by atoms with Crippen LogP contribution in [0.5, 0.6) is 11.5 Å². The van der Waals surface area contributed by atoms with Crippen molar-refractivity contribution in [3.63, 3.8) is 0 Å². The maximum Gasteiger partial charge on any atom is 0.320 e. The summed E-state index contributed by atoms with van der Waals surface area (Å²) in [6.45, 7) is 5.21. The third-order valence-electron chi connectivity index (χ3n) is 3.83. The number of aryl methyl sites for hydroxylation is 1.